The summed E-state index contributed by atoms with van der Waals surface area (Å²) < 4.78 is 21.3. The van der Waals surface area contributed by atoms with Crippen molar-refractivity contribution in [2.24, 2.45) is 0 Å². The first-order valence-electron chi connectivity index (χ1n) is 9.90. The number of nitrogens with one attached hydrogen (secondary N) is 1. The normalized spacial score (nSPS) is 13.4. The first-order chi connectivity index (χ1) is 16.0. The summed E-state index contributed by atoms with van der Waals surface area (Å²) in [5.74, 6) is 0.981. The summed E-state index contributed by atoms with van der Waals surface area (Å²) in [6.07, 6.45) is 0. The third kappa shape index (κ3) is 3.98. The number of anilines is 2. The zero-order valence-electron chi connectivity index (χ0n) is 18.5. The van der Waals surface area contributed by atoms with Gasteiger partial charge in [0.05, 0.1) is 39.7 Å². The molecule has 0 spiro atoms. The van der Waals surface area contributed by atoms with Crippen LogP contribution in [0.2, 0.25) is 0 Å². The first-order valence-corrected chi connectivity index (χ1v) is 10.8. The van der Waals surface area contributed by atoms with E-state index in [1.807, 2.05) is 11.4 Å². The van der Waals surface area contributed by atoms with Crippen LogP contribution in [-0.2, 0) is 9.59 Å². The number of amides is 2. The molecule has 0 radical (unpaired) electrons. The Morgan fingerprint density at radius 2 is 1.55 bits per heavy atom. The Balaban J connectivity index is 1.79. The van der Waals surface area contributed by atoms with Crippen LogP contribution in [0, 0.1) is 0 Å². The number of hydrogen-bond acceptors (Lipinski definition) is 8. The zero-order valence-corrected chi connectivity index (χ0v) is 19.3. The summed E-state index contributed by atoms with van der Waals surface area (Å²) >= 11 is 1.37. The molecular formula is C24H22N2O6S. The lowest BCUT2D eigenvalue weighted by molar-refractivity contribution is -0.120. The van der Waals surface area contributed by atoms with Crippen molar-refractivity contribution >= 4 is 40.1 Å². The van der Waals surface area contributed by atoms with Crippen molar-refractivity contribution in [3.63, 3.8) is 0 Å². The number of thiophene rings is 1. The number of methoxy groups -OCH3 is 4. The van der Waals surface area contributed by atoms with Crippen LogP contribution in [0.15, 0.2) is 59.6 Å². The molecule has 9 heteroatoms. The minimum atomic E-state index is -0.498. The van der Waals surface area contributed by atoms with Crippen molar-refractivity contribution in [3.05, 3.63) is 64.5 Å². The van der Waals surface area contributed by atoms with E-state index < -0.39 is 11.8 Å². The number of hydrogen-bond donors (Lipinski definition) is 1. The van der Waals surface area contributed by atoms with Crippen molar-refractivity contribution in [2.75, 3.05) is 38.7 Å². The Morgan fingerprint density at radius 1 is 0.788 bits per heavy atom. The molecule has 2 amide bonds. The molecule has 0 atom stereocenters. The highest BCUT2D eigenvalue weighted by Gasteiger charge is 2.42. The third-order valence-electron chi connectivity index (χ3n) is 5.13. The average molecular weight is 467 g/mol. The molecule has 33 heavy (non-hydrogen) atoms. The van der Waals surface area contributed by atoms with Crippen LogP contribution in [0.1, 0.15) is 4.88 Å². The minimum Gasteiger partial charge on any atom is -0.497 e. The summed E-state index contributed by atoms with van der Waals surface area (Å²) in [5.41, 5.74) is 1.34. The van der Waals surface area contributed by atoms with E-state index in [9.17, 15) is 9.59 Å². The van der Waals surface area contributed by atoms with Crippen LogP contribution in [0.5, 0.6) is 23.0 Å². The van der Waals surface area contributed by atoms with Gasteiger partial charge in [0.15, 0.2) is 11.5 Å². The second kappa shape index (κ2) is 9.25. The predicted octanol–water partition coefficient (Wildman–Crippen LogP) is 4.18. The molecule has 2 aromatic carbocycles. The first kappa shape index (κ1) is 22.2. The van der Waals surface area contributed by atoms with Gasteiger partial charge in [-0.1, -0.05) is 6.07 Å². The van der Waals surface area contributed by atoms with Crippen molar-refractivity contribution in [1.82, 2.24) is 0 Å². The Bertz CT molecular complexity index is 1240. The van der Waals surface area contributed by atoms with Gasteiger partial charge in [0, 0.05) is 22.7 Å². The van der Waals surface area contributed by atoms with Gasteiger partial charge in [-0.15, -0.1) is 11.3 Å². The SMILES string of the molecule is COc1ccc(N2C(=O)C(Nc3ccc(OC)c(OC)c3)=C(c3cccs3)C2=O)c(OC)c1. The van der Waals surface area contributed by atoms with Crippen LogP contribution >= 0.6 is 11.3 Å². The lowest BCUT2D eigenvalue weighted by atomic mass is 10.1. The van der Waals surface area contributed by atoms with Gasteiger partial charge in [0.25, 0.3) is 11.8 Å². The van der Waals surface area contributed by atoms with Gasteiger partial charge in [-0.3, -0.25) is 9.59 Å². The molecule has 0 saturated carbocycles. The molecule has 2 heterocycles. The molecule has 1 N–H and O–H groups in total. The van der Waals surface area contributed by atoms with Crippen molar-refractivity contribution in [2.45, 2.75) is 0 Å². The van der Waals surface area contributed by atoms with Crippen LogP contribution < -0.4 is 29.2 Å². The third-order valence-corrected chi connectivity index (χ3v) is 6.02. The van der Waals surface area contributed by atoms with Crippen molar-refractivity contribution in [1.29, 1.82) is 0 Å². The number of ether oxygens (including phenoxy) is 4. The Morgan fingerprint density at radius 3 is 2.18 bits per heavy atom. The van der Waals surface area contributed by atoms with Crippen LogP contribution in [0.3, 0.4) is 0 Å². The number of imide groups is 1. The summed E-state index contributed by atoms with van der Waals surface area (Å²) in [5, 5.41) is 4.97. The van der Waals surface area contributed by atoms with E-state index in [4.69, 9.17) is 18.9 Å². The largest absolute Gasteiger partial charge is 0.497 e. The molecule has 1 aliphatic rings. The fraction of sp³-hybridized carbons (Fsp3) is 0.167. The number of benzene rings is 2. The van der Waals surface area contributed by atoms with Gasteiger partial charge in [0.2, 0.25) is 0 Å². The zero-order chi connectivity index (χ0) is 23.5. The highest BCUT2D eigenvalue weighted by Crippen LogP contribution is 2.40. The Kier molecular flexibility index (Phi) is 6.23. The number of carbonyl (C=O) groups is 2. The van der Waals surface area contributed by atoms with Gasteiger partial charge >= 0.3 is 0 Å². The molecule has 0 unspecified atom stereocenters. The summed E-state index contributed by atoms with van der Waals surface area (Å²) in [6, 6.07) is 13.7. The molecule has 0 fully saturated rings. The maximum absolute atomic E-state index is 13.6. The number of carbonyl (C=O) groups excluding carboxylic acids is 2. The predicted molar refractivity (Wildman–Crippen MR) is 126 cm³/mol. The maximum atomic E-state index is 13.6. The maximum Gasteiger partial charge on any atom is 0.282 e. The smallest absolute Gasteiger partial charge is 0.282 e. The average Bonchev–Trinajstić information content (AvgIpc) is 3.45. The van der Waals surface area contributed by atoms with E-state index >= 15 is 0 Å². The molecule has 4 rings (SSSR count). The summed E-state index contributed by atoms with van der Waals surface area (Å²) in [4.78, 5) is 28.9. The van der Waals surface area contributed by atoms with Crippen molar-refractivity contribution in [3.8, 4) is 23.0 Å². The molecule has 0 saturated heterocycles. The second-order valence-corrected chi connectivity index (χ2v) is 7.85. The fourth-order valence-corrected chi connectivity index (χ4v) is 4.31. The van der Waals surface area contributed by atoms with Crippen LogP contribution in [0.4, 0.5) is 11.4 Å². The molecular weight excluding hydrogens is 444 g/mol. The highest BCUT2D eigenvalue weighted by molar-refractivity contribution is 7.11. The van der Waals surface area contributed by atoms with E-state index in [1.165, 1.54) is 32.7 Å². The molecule has 170 valence electrons. The lowest BCUT2D eigenvalue weighted by Gasteiger charge is -2.19. The van der Waals surface area contributed by atoms with Gasteiger partial charge < -0.3 is 24.3 Å². The van der Waals surface area contributed by atoms with E-state index in [0.717, 1.165) is 4.90 Å². The molecule has 1 aliphatic heterocycles. The summed E-state index contributed by atoms with van der Waals surface area (Å²) in [7, 11) is 6.07. The lowest BCUT2D eigenvalue weighted by Crippen LogP contribution is -2.32. The van der Waals surface area contributed by atoms with Crippen molar-refractivity contribution < 1.29 is 28.5 Å². The van der Waals surface area contributed by atoms with E-state index in [-0.39, 0.29) is 11.3 Å². The van der Waals surface area contributed by atoms with Crippen LogP contribution in [0.25, 0.3) is 5.57 Å². The molecule has 3 aromatic rings. The molecule has 0 bridgehead atoms. The van der Waals surface area contributed by atoms with Gasteiger partial charge in [0.1, 0.15) is 17.2 Å². The van der Waals surface area contributed by atoms with E-state index in [0.29, 0.717) is 39.2 Å². The summed E-state index contributed by atoms with van der Waals surface area (Å²) in [6.45, 7) is 0. The van der Waals surface area contributed by atoms with E-state index in [2.05, 4.69) is 5.32 Å². The topological polar surface area (TPSA) is 86.3 Å². The second-order valence-electron chi connectivity index (χ2n) is 6.91. The minimum absolute atomic E-state index is 0.160. The van der Waals surface area contributed by atoms with Gasteiger partial charge in [-0.05, 0) is 35.7 Å². The Hall–Kier alpha value is -3.98. The quantitative estimate of drug-likeness (QED) is 0.499. The monoisotopic (exact) mass is 466 g/mol. The van der Waals surface area contributed by atoms with Crippen LogP contribution in [-0.4, -0.2) is 40.3 Å². The molecule has 8 nitrogen and oxygen atoms in total. The fourth-order valence-electron chi connectivity index (χ4n) is 3.54. The Labute approximate surface area is 194 Å². The molecule has 1 aromatic heterocycles. The number of rotatable bonds is 8. The standard InChI is InChI=1S/C24H22N2O6S/c1-29-15-8-9-16(18(13-15)31-3)26-23(27)21(20-6-5-11-33-20)22(24(26)28)25-14-7-10-17(30-2)19(12-14)32-4/h5-13,25H,1-4H3. The van der Waals surface area contributed by atoms with Gasteiger partial charge in [-0.2, -0.15) is 0 Å². The number of nitrogens with zero attached hydrogens (tertiary/aromatic N) is 1. The molecule has 0 aliphatic carbocycles. The van der Waals surface area contributed by atoms with E-state index in [1.54, 1.807) is 49.6 Å². The van der Waals surface area contributed by atoms with Gasteiger partial charge in [-0.25, -0.2) is 4.90 Å². The highest BCUT2D eigenvalue weighted by atomic mass is 32.1.